The predicted molar refractivity (Wildman–Crippen MR) is 53.1 cm³/mol. The van der Waals surface area contributed by atoms with Crippen molar-refractivity contribution in [1.29, 1.82) is 0 Å². The van der Waals surface area contributed by atoms with Crippen molar-refractivity contribution in [2.75, 3.05) is 6.61 Å². The first-order valence-electron chi connectivity index (χ1n) is 3.57. The lowest BCUT2D eigenvalue weighted by molar-refractivity contribution is 0.262. The van der Waals surface area contributed by atoms with Gasteiger partial charge in [-0.25, -0.2) is 8.78 Å². The van der Waals surface area contributed by atoms with Gasteiger partial charge in [0.1, 0.15) is 11.6 Å². The van der Waals surface area contributed by atoms with Gasteiger partial charge in [-0.3, -0.25) is 0 Å². The van der Waals surface area contributed by atoms with Crippen molar-refractivity contribution in [2.45, 2.75) is 6.04 Å². The average Bonchev–Trinajstić information content (AvgIpc) is 2.02. The van der Waals surface area contributed by atoms with Crippen molar-refractivity contribution in [3.8, 4) is 0 Å². The van der Waals surface area contributed by atoms with Gasteiger partial charge in [0.15, 0.2) is 0 Å². The summed E-state index contributed by atoms with van der Waals surface area (Å²) in [6, 6.07) is 1.35. The van der Waals surface area contributed by atoms with Gasteiger partial charge < -0.3 is 10.8 Å². The number of nitrogens with two attached hydrogens (primary N) is 1. The van der Waals surface area contributed by atoms with Gasteiger partial charge in [-0.2, -0.15) is 0 Å². The molecule has 13 heavy (non-hydrogen) atoms. The van der Waals surface area contributed by atoms with Crippen LogP contribution in [0, 0.1) is 15.2 Å². The predicted octanol–water partition coefficient (Wildman–Crippen LogP) is 1.56. The van der Waals surface area contributed by atoms with Crippen LogP contribution in [0.15, 0.2) is 12.1 Å². The molecule has 1 atom stereocenters. The number of rotatable bonds is 2. The van der Waals surface area contributed by atoms with Crippen LogP contribution in [0.3, 0.4) is 0 Å². The maximum absolute atomic E-state index is 13.1. The molecule has 0 bridgehead atoms. The molecule has 72 valence electrons. The first kappa shape index (κ1) is 10.8. The van der Waals surface area contributed by atoms with Crippen LogP contribution in [0.5, 0.6) is 0 Å². The summed E-state index contributed by atoms with van der Waals surface area (Å²) in [5.41, 5.74) is 5.05. The lowest BCUT2D eigenvalue weighted by Gasteiger charge is -2.10. The number of benzene rings is 1. The molecule has 3 N–H and O–H groups in total. The SMILES string of the molecule is NC(CO)c1c(F)cc(I)cc1F. The molecule has 0 aliphatic carbocycles. The van der Waals surface area contributed by atoms with E-state index in [0.29, 0.717) is 3.57 Å². The third-order valence-electron chi connectivity index (χ3n) is 1.61. The van der Waals surface area contributed by atoms with Gasteiger partial charge in [0, 0.05) is 9.13 Å². The minimum Gasteiger partial charge on any atom is -0.394 e. The molecule has 0 aliphatic rings. The molecule has 0 saturated carbocycles. The van der Waals surface area contributed by atoms with Crippen molar-refractivity contribution < 1.29 is 13.9 Å². The van der Waals surface area contributed by atoms with E-state index in [2.05, 4.69) is 0 Å². The molecular formula is C8H8F2INO. The molecule has 0 amide bonds. The van der Waals surface area contributed by atoms with Crippen LogP contribution >= 0.6 is 22.6 Å². The second kappa shape index (κ2) is 4.30. The first-order chi connectivity index (χ1) is 6.06. The molecular weight excluding hydrogens is 291 g/mol. The smallest absolute Gasteiger partial charge is 0.132 e. The fourth-order valence-electron chi connectivity index (χ4n) is 0.999. The third kappa shape index (κ3) is 2.35. The highest BCUT2D eigenvalue weighted by Crippen LogP contribution is 2.21. The summed E-state index contributed by atoms with van der Waals surface area (Å²) in [7, 11) is 0. The molecule has 0 radical (unpaired) electrons. The highest BCUT2D eigenvalue weighted by atomic mass is 127. The Morgan fingerprint density at radius 1 is 1.38 bits per heavy atom. The standard InChI is InChI=1S/C8H8F2INO/c9-5-1-4(11)2-6(10)8(5)7(12)3-13/h1-2,7,13H,3,12H2. The summed E-state index contributed by atoms with van der Waals surface area (Å²) in [5, 5.41) is 8.65. The van der Waals surface area contributed by atoms with Gasteiger partial charge in [-0.05, 0) is 34.7 Å². The van der Waals surface area contributed by atoms with Crippen molar-refractivity contribution in [1.82, 2.24) is 0 Å². The lowest BCUT2D eigenvalue weighted by Crippen LogP contribution is -2.18. The van der Waals surface area contributed by atoms with Crippen LogP contribution < -0.4 is 5.73 Å². The first-order valence-corrected chi connectivity index (χ1v) is 4.65. The number of aliphatic hydroxyl groups excluding tert-OH is 1. The average molecular weight is 299 g/mol. The Labute approximate surface area is 87.9 Å². The minimum atomic E-state index is -1.00. The van der Waals surface area contributed by atoms with E-state index in [1.165, 1.54) is 12.1 Å². The van der Waals surface area contributed by atoms with Crippen LogP contribution in [0.1, 0.15) is 11.6 Å². The van der Waals surface area contributed by atoms with E-state index in [-0.39, 0.29) is 5.56 Å². The zero-order valence-corrected chi connectivity index (χ0v) is 8.76. The summed E-state index contributed by atoms with van der Waals surface area (Å²) in [6.45, 7) is -0.478. The van der Waals surface area contributed by atoms with Crippen molar-refractivity contribution in [3.63, 3.8) is 0 Å². The Balaban J connectivity index is 3.20. The highest BCUT2D eigenvalue weighted by Gasteiger charge is 2.16. The summed E-state index contributed by atoms with van der Waals surface area (Å²) in [4.78, 5) is 0. The van der Waals surface area contributed by atoms with Gasteiger partial charge in [0.25, 0.3) is 0 Å². The molecule has 0 spiro atoms. The Bertz CT molecular complexity index is 296. The van der Waals surface area contributed by atoms with E-state index < -0.39 is 24.3 Å². The van der Waals surface area contributed by atoms with Crippen molar-refractivity contribution in [3.05, 3.63) is 32.9 Å². The number of halogens is 3. The molecule has 0 fully saturated rings. The number of aliphatic hydroxyl groups is 1. The molecule has 0 aromatic heterocycles. The van der Waals surface area contributed by atoms with E-state index in [9.17, 15) is 8.78 Å². The summed E-state index contributed by atoms with van der Waals surface area (Å²) < 4.78 is 26.7. The largest absolute Gasteiger partial charge is 0.394 e. The maximum atomic E-state index is 13.1. The van der Waals surface area contributed by atoms with E-state index >= 15 is 0 Å². The molecule has 0 saturated heterocycles. The van der Waals surface area contributed by atoms with Gasteiger partial charge in [-0.1, -0.05) is 0 Å². The fraction of sp³-hybridized carbons (Fsp3) is 0.250. The maximum Gasteiger partial charge on any atom is 0.132 e. The molecule has 2 nitrogen and oxygen atoms in total. The van der Waals surface area contributed by atoms with Crippen molar-refractivity contribution in [2.24, 2.45) is 5.73 Å². The van der Waals surface area contributed by atoms with E-state index in [0.717, 1.165) is 0 Å². The molecule has 0 heterocycles. The zero-order chi connectivity index (χ0) is 10.0. The Morgan fingerprint density at radius 3 is 2.23 bits per heavy atom. The fourth-order valence-corrected chi connectivity index (χ4v) is 1.55. The molecule has 1 rings (SSSR count). The normalized spacial score (nSPS) is 13.0. The van der Waals surface area contributed by atoms with Crippen LogP contribution in [-0.2, 0) is 0 Å². The van der Waals surface area contributed by atoms with E-state index in [1.807, 2.05) is 0 Å². The van der Waals surface area contributed by atoms with E-state index in [1.54, 1.807) is 22.6 Å². The summed E-state index contributed by atoms with van der Waals surface area (Å²) in [5.74, 6) is -1.43. The Morgan fingerprint density at radius 2 is 1.85 bits per heavy atom. The van der Waals surface area contributed by atoms with Crippen LogP contribution in [0.2, 0.25) is 0 Å². The molecule has 5 heteroatoms. The molecule has 1 aromatic carbocycles. The monoisotopic (exact) mass is 299 g/mol. The highest BCUT2D eigenvalue weighted by molar-refractivity contribution is 14.1. The zero-order valence-electron chi connectivity index (χ0n) is 6.60. The van der Waals surface area contributed by atoms with Gasteiger partial charge in [0.05, 0.1) is 12.6 Å². The van der Waals surface area contributed by atoms with E-state index in [4.69, 9.17) is 10.8 Å². The lowest BCUT2D eigenvalue weighted by atomic mass is 10.1. The van der Waals surface area contributed by atoms with Gasteiger partial charge in [0.2, 0.25) is 0 Å². The third-order valence-corrected chi connectivity index (χ3v) is 2.23. The van der Waals surface area contributed by atoms with Crippen LogP contribution in [0.4, 0.5) is 8.78 Å². The summed E-state index contributed by atoms with van der Waals surface area (Å²) in [6.07, 6.45) is 0. The summed E-state index contributed by atoms with van der Waals surface area (Å²) >= 11 is 1.80. The van der Waals surface area contributed by atoms with Crippen molar-refractivity contribution >= 4 is 22.6 Å². The van der Waals surface area contributed by atoms with Crippen LogP contribution in [-0.4, -0.2) is 11.7 Å². The van der Waals surface area contributed by atoms with Gasteiger partial charge >= 0.3 is 0 Å². The number of hydrogen-bond acceptors (Lipinski definition) is 2. The number of hydrogen-bond donors (Lipinski definition) is 2. The van der Waals surface area contributed by atoms with Crippen LogP contribution in [0.25, 0.3) is 0 Å². The molecule has 0 aliphatic heterocycles. The topological polar surface area (TPSA) is 46.2 Å². The minimum absolute atomic E-state index is 0.261. The Hall–Kier alpha value is -0.270. The molecule has 1 unspecified atom stereocenters. The molecule has 1 aromatic rings. The second-order valence-corrected chi connectivity index (χ2v) is 3.82. The van der Waals surface area contributed by atoms with Gasteiger partial charge in [-0.15, -0.1) is 0 Å². The Kier molecular flexibility index (Phi) is 3.57. The second-order valence-electron chi connectivity index (χ2n) is 2.57. The quantitative estimate of drug-likeness (QED) is 0.814.